The predicted molar refractivity (Wildman–Crippen MR) is 94.0 cm³/mol. The van der Waals surface area contributed by atoms with Crippen molar-refractivity contribution < 1.29 is 19.2 Å². The number of ether oxygens (including phenoxy) is 2. The third-order valence-electron chi connectivity index (χ3n) is 3.81. The lowest BCUT2D eigenvalue weighted by molar-refractivity contribution is -0.885. The minimum atomic E-state index is 0.0299. The Balaban J connectivity index is 1.46. The highest BCUT2D eigenvalue weighted by molar-refractivity contribution is 9.10. The molecule has 0 saturated carbocycles. The maximum absolute atomic E-state index is 12.1. The molecule has 0 spiro atoms. The van der Waals surface area contributed by atoms with Crippen LogP contribution in [0.25, 0.3) is 0 Å². The van der Waals surface area contributed by atoms with Crippen LogP contribution in [0.4, 0.5) is 0 Å². The van der Waals surface area contributed by atoms with Gasteiger partial charge in [-0.25, -0.2) is 0 Å². The van der Waals surface area contributed by atoms with E-state index in [0.717, 1.165) is 33.0 Å². The number of hydrogen-bond acceptors (Lipinski definition) is 3. The predicted octanol–water partition coefficient (Wildman–Crippen LogP) is 1.51. The van der Waals surface area contributed by atoms with Crippen LogP contribution in [0, 0.1) is 0 Å². The summed E-state index contributed by atoms with van der Waals surface area (Å²) >= 11 is 3.43. The van der Waals surface area contributed by atoms with E-state index in [9.17, 15) is 4.79 Å². The van der Waals surface area contributed by atoms with Gasteiger partial charge in [-0.1, -0.05) is 34.1 Å². The molecule has 2 aromatic rings. The molecule has 3 rings (SSSR count). The highest BCUT2D eigenvalue weighted by Crippen LogP contribution is 2.32. The number of hydrogen-bond donors (Lipinski definition) is 2. The van der Waals surface area contributed by atoms with Crippen molar-refractivity contribution in [1.82, 2.24) is 5.32 Å². The third-order valence-corrected chi connectivity index (χ3v) is 4.34. The third kappa shape index (κ3) is 4.49. The molecule has 2 aromatic carbocycles. The van der Waals surface area contributed by atoms with Gasteiger partial charge in [0.25, 0.3) is 5.91 Å². The second-order valence-corrected chi connectivity index (χ2v) is 6.82. The van der Waals surface area contributed by atoms with Crippen molar-refractivity contribution in [3.05, 3.63) is 58.1 Å². The van der Waals surface area contributed by atoms with E-state index in [1.165, 1.54) is 5.56 Å². The Kier molecular flexibility index (Phi) is 5.37. The molecule has 1 amide bonds. The van der Waals surface area contributed by atoms with E-state index in [4.69, 9.17) is 9.47 Å². The van der Waals surface area contributed by atoms with Crippen LogP contribution in [0.2, 0.25) is 0 Å². The highest BCUT2D eigenvalue weighted by atomic mass is 79.9. The summed E-state index contributed by atoms with van der Waals surface area (Å²) in [5.41, 5.74) is 2.21. The van der Waals surface area contributed by atoms with E-state index >= 15 is 0 Å². The van der Waals surface area contributed by atoms with Crippen molar-refractivity contribution in [3.63, 3.8) is 0 Å². The van der Waals surface area contributed by atoms with E-state index in [0.29, 0.717) is 13.1 Å². The quantitative estimate of drug-likeness (QED) is 0.784. The molecule has 1 atom stereocenters. The minimum Gasteiger partial charge on any atom is -0.454 e. The number of halogens is 1. The van der Waals surface area contributed by atoms with Gasteiger partial charge in [0.1, 0.15) is 6.54 Å². The Hall–Kier alpha value is -2.05. The molecular weight excluding hydrogens is 372 g/mol. The summed E-state index contributed by atoms with van der Waals surface area (Å²) in [6, 6.07) is 13.9. The SMILES string of the molecule is C[NH+](CC(=O)NCc1ccc2c(c1)OCO2)Cc1ccc(Br)cc1. The molecule has 1 aliphatic heterocycles. The lowest BCUT2D eigenvalue weighted by Crippen LogP contribution is -3.08. The first kappa shape index (κ1) is 16.8. The Bertz CT molecular complexity index is 719. The summed E-state index contributed by atoms with van der Waals surface area (Å²) in [5, 5.41) is 2.95. The Morgan fingerprint density at radius 2 is 1.83 bits per heavy atom. The topological polar surface area (TPSA) is 52.0 Å². The maximum atomic E-state index is 12.1. The molecule has 0 fully saturated rings. The number of amides is 1. The number of nitrogens with one attached hydrogen (secondary N) is 2. The zero-order valence-electron chi connectivity index (χ0n) is 13.5. The summed E-state index contributed by atoms with van der Waals surface area (Å²) in [5.74, 6) is 1.52. The highest BCUT2D eigenvalue weighted by Gasteiger charge is 2.14. The van der Waals surface area contributed by atoms with Gasteiger partial charge in [-0.15, -0.1) is 0 Å². The molecule has 5 nitrogen and oxygen atoms in total. The molecule has 0 bridgehead atoms. The first-order valence-electron chi connectivity index (χ1n) is 7.81. The fraction of sp³-hybridized carbons (Fsp3) is 0.278. The molecule has 0 aromatic heterocycles. The average Bonchev–Trinajstić information content (AvgIpc) is 3.02. The van der Waals surface area contributed by atoms with Gasteiger partial charge in [0, 0.05) is 16.6 Å². The molecule has 1 aliphatic rings. The molecule has 126 valence electrons. The van der Waals surface area contributed by atoms with Crippen molar-refractivity contribution in [2.24, 2.45) is 0 Å². The molecule has 1 unspecified atom stereocenters. The first-order valence-corrected chi connectivity index (χ1v) is 8.60. The van der Waals surface area contributed by atoms with E-state index in [1.54, 1.807) is 0 Å². The number of likely N-dealkylation sites (N-methyl/N-ethyl adjacent to an activating group) is 1. The van der Waals surface area contributed by atoms with E-state index < -0.39 is 0 Å². The molecular formula is C18H20BrN2O3+. The Morgan fingerprint density at radius 3 is 2.62 bits per heavy atom. The summed E-state index contributed by atoms with van der Waals surface area (Å²) in [6.07, 6.45) is 0. The van der Waals surface area contributed by atoms with Gasteiger partial charge in [-0.05, 0) is 29.8 Å². The Morgan fingerprint density at radius 1 is 1.12 bits per heavy atom. The zero-order chi connectivity index (χ0) is 16.9. The zero-order valence-corrected chi connectivity index (χ0v) is 15.1. The number of quaternary nitrogens is 1. The van der Waals surface area contributed by atoms with E-state index in [1.807, 2.05) is 37.4 Å². The molecule has 0 saturated heterocycles. The van der Waals surface area contributed by atoms with Crippen LogP contribution in [-0.4, -0.2) is 26.3 Å². The van der Waals surface area contributed by atoms with E-state index in [2.05, 4.69) is 33.4 Å². The number of carbonyl (C=O) groups is 1. The van der Waals surface area contributed by atoms with Gasteiger partial charge >= 0.3 is 0 Å². The Labute approximate surface area is 149 Å². The first-order chi connectivity index (χ1) is 11.6. The largest absolute Gasteiger partial charge is 0.454 e. The molecule has 6 heteroatoms. The smallest absolute Gasteiger partial charge is 0.275 e. The summed E-state index contributed by atoms with van der Waals surface area (Å²) in [6.45, 7) is 1.99. The van der Waals surface area contributed by atoms with Gasteiger partial charge in [0.2, 0.25) is 6.79 Å². The number of fused-ring (bicyclic) bond motifs is 1. The number of benzene rings is 2. The van der Waals surface area contributed by atoms with Crippen LogP contribution >= 0.6 is 15.9 Å². The van der Waals surface area contributed by atoms with Crippen LogP contribution in [-0.2, 0) is 17.9 Å². The summed E-state index contributed by atoms with van der Waals surface area (Å²) in [7, 11) is 2.02. The molecule has 0 aliphatic carbocycles. The van der Waals surface area contributed by atoms with Gasteiger partial charge in [-0.2, -0.15) is 0 Å². The van der Waals surface area contributed by atoms with Crippen molar-refractivity contribution in [2.45, 2.75) is 13.1 Å². The van der Waals surface area contributed by atoms with E-state index in [-0.39, 0.29) is 12.7 Å². The number of carbonyl (C=O) groups excluding carboxylic acids is 1. The minimum absolute atomic E-state index is 0.0299. The van der Waals surface area contributed by atoms with Crippen molar-refractivity contribution in [3.8, 4) is 11.5 Å². The fourth-order valence-corrected chi connectivity index (χ4v) is 2.87. The second-order valence-electron chi connectivity index (χ2n) is 5.90. The van der Waals surface area contributed by atoms with Crippen molar-refractivity contribution in [2.75, 3.05) is 20.4 Å². The van der Waals surface area contributed by atoms with Crippen LogP contribution in [0.1, 0.15) is 11.1 Å². The van der Waals surface area contributed by atoms with Gasteiger partial charge in [-0.3, -0.25) is 4.79 Å². The molecule has 1 heterocycles. The molecule has 0 radical (unpaired) electrons. The molecule has 2 N–H and O–H groups in total. The van der Waals surface area contributed by atoms with Crippen LogP contribution in [0.15, 0.2) is 46.9 Å². The van der Waals surface area contributed by atoms with Crippen molar-refractivity contribution >= 4 is 21.8 Å². The van der Waals surface area contributed by atoms with Gasteiger partial charge in [0.15, 0.2) is 18.0 Å². The fourth-order valence-electron chi connectivity index (χ4n) is 2.60. The van der Waals surface area contributed by atoms with Gasteiger partial charge in [0.05, 0.1) is 7.05 Å². The summed E-state index contributed by atoms with van der Waals surface area (Å²) < 4.78 is 11.7. The van der Waals surface area contributed by atoms with Gasteiger partial charge < -0.3 is 19.7 Å². The summed E-state index contributed by atoms with van der Waals surface area (Å²) in [4.78, 5) is 13.2. The standard InChI is InChI=1S/C18H19BrN2O3/c1-21(10-13-2-5-15(19)6-3-13)11-18(22)20-9-14-4-7-16-17(8-14)24-12-23-16/h2-8H,9-12H2,1H3,(H,20,22)/p+1. The average molecular weight is 392 g/mol. The lowest BCUT2D eigenvalue weighted by atomic mass is 10.2. The van der Waals surface area contributed by atoms with Crippen LogP contribution in [0.5, 0.6) is 11.5 Å². The van der Waals surface area contributed by atoms with Crippen molar-refractivity contribution in [1.29, 1.82) is 0 Å². The second kappa shape index (κ2) is 7.68. The van der Waals surface area contributed by atoms with Crippen LogP contribution in [0.3, 0.4) is 0 Å². The number of rotatable bonds is 6. The lowest BCUT2D eigenvalue weighted by Gasteiger charge is -2.14. The molecule has 24 heavy (non-hydrogen) atoms. The monoisotopic (exact) mass is 391 g/mol. The maximum Gasteiger partial charge on any atom is 0.275 e. The van der Waals surface area contributed by atoms with Crippen LogP contribution < -0.4 is 19.7 Å². The normalized spacial score (nSPS) is 13.6.